The number of benzene rings is 2. The smallest absolute Gasteiger partial charge is 0.372 e. The first-order valence-electron chi connectivity index (χ1n) is 11.1. The maximum atomic E-state index is 13.3. The van der Waals surface area contributed by atoms with Crippen molar-refractivity contribution in [3.8, 4) is 0 Å². The molecule has 8 heteroatoms. The summed E-state index contributed by atoms with van der Waals surface area (Å²) in [5.74, 6) is 0.182. The van der Waals surface area contributed by atoms with Gasteiger partial charge in [-0.3, -0.25) is 4.79 Å². The van der Waals surface area contributed by atoms with E-state index in [1.165, 1.54) is 6.07 Å². The molecule has 2 aromatic carbocycles. The van der Waals surface area contributed by atoms with Crippen molar-refractivity contribution in [1.82, 2.24) is 10.6 Å². The molecule has 0 bridgehead atoms. The minimum Gasteiger partial charge on any atom is -0.372 e. The van der Waals surface area contributed by atoms with Crippen molar-refractivity contribution in [3.63, 3.8) is 0 Å². The molecule has 0 aromatic heterocycles. The van der Waals surface area contributed by atoms with Crippen LogP contribution < -0.4 is 10.6 Å². The number of amides is 1. The molecule has 180 valence electrons. The molecule has 1 heterocycles. The van der Waals surface area contributed by atoms with Crippen LogP contribution in [0.5, 0.6) is 0 Å². The molecule has 0 radical (unpaired) electrons. The number of piperidine rings is 1. The van der Waals surface area contributed by atoms with Crippen molar-refractivity contribution < 1.29 is 27.1 Å². The molecule has 2 N–H and O–H groups in total. The van der Waals surface area contributed by atoms with Gasteiger partial charge in [-0.25, -0.2) is 4.39 Å². The number of nitrogens with one attached hydrogen (secondary N) is 2. The third-order valence-corrected chi connectivity index (χ3v) is 6.33. The van der Waals surface area contributed by atoms with Gasteiger partial charge in [0.05, 0.1) is 23.8 Å². The highest BCUT2D eigenvalue weighted by atomic mass is 19.4. The van der Waals surface area contributed by atoms with Crippen LogP contribution in [0.3, 0.4) is 0 Å². The van der Waals surface area contributed by atoms with Crippen LogP contribution in [0.2, 0.25) is 0 Å². The Hall–Kier alpha value is -2.45. The molecule has 33 heavy (non-hydrogen) atoms. The van der Waals surface area contributed by atoms with Crippen LogP contribution in [-0.2, 0) is 27.9 Å². The Bertz CT molecular complexity index is 926. The first-order chi connectivity index (χ1) is 15.7. The lowest BCUT2D eigenvalue weighted by molar-refractivity contribution is -0.137. The second kappa shape index (κ2) is 10.7. The normalized spacial score (nSPS) is 22.1. The molecule has 2 aromatic rings. The van der Waals surface area contributed by atoms with E-state index in [0.717, 1.165) is 24.1 Å². The highest BCUT2D eigenvalue weighted by Crippen LogP contribution is 2.36. The van der Waals surface area contributed by atoms with Gasteiger partial charge in [-0.05, 0) is 61.1 Å². The highest BCUT2D eigenvalue weighted by molar-refractivity contribution is 5.75. The van der Waals surface area contributed by atoms with E-state index in [4.69, 9.17) is 4.74 Å². The van der Waals surface area contributed by atoms with Gasteiger partial charge in [0.25, 0.3) is 0 Å². The molecular weight excluding hydrogens is 436 g/mol. The van der Waals surface area contributed by atoms with Gasteiger partial charge >= 0.3 is 6.18 Å². The van der Waals surface area contributed by atoms with E-state index in [0.29, 0.717) is 19.4 Å². The number of carbonyl (C=O) groups is 1. The fourth-order valence-electron chi connectivity index (χ4n) is 4.29. The zero-order valence-electron chi connectivity index (χ0n) is 18.8. The molecule has 1 unspecified atom stereocenters. The van der Waals surface area contributed by atoms with Crippen LogP contribution in [0.15, 0.2) is 48.5 Å². The summed E-state index contributed by atoms with van der Waals surface area (Å²) in [6.07, 6.45) is -3.27. The quantitative estimate of drug-likeness (QED) is 0.521. The Morgan fingerprint density at radius 3 is 2.55 bits per heavy atom. The molecule has 3 atom stereocenters. The monoisotopic (exact) mass is 466 g/mol. The lowest BCUT2D eigenvalue weighted by atomic mass is 9.78. The molecule has 0 saturated carbocycles. The summed E-state index contributed by atoms with van der Waals surface area (Å²) < 4.78 is 59.1. The highest BCUT2D eigenvalue weighted by Gasteiger charge is 2.38. The molecule has 3 rings (SSSR count). The largest absolute Gasteiger partial charge is 0.416 e. The maximum Gasteiger partial charge on any atom is 0.416 e. The molecule has 1 aliphatic rings. The molecule has 1 amide bonds. The number of alkyl halides is 4. The van der Waals surface area contributed by atoms with E-state index in [1.54, 1.807) is 14.0 Å². The van der Waals surface area contributed by atoms with Crippen molar-refractivity contribution in [3.05, 3.63) is 70.8 Å². The Kier molecular flexibility index (Phi) is 8.13. The van der Waals surface area contributed by atoms with Crippen LogP contribution >= 0.6 is 0 Å². The van der Waals surface area contributed by atoms with E-state index in [9.17, 15) is 22.4 Å². The second-order valence-electron chi connectivity index (χ2n) is 8.66. The molecule has 1 fully saturated rings. The van der Waals surface area contributed by atoms with E-state index < -0.39 is 30.1 Å². The van der Waals surface area contributed by atoms with Crippen LogP contribution in [0, 0.1) is 5.92 Å². The maximum absolute atomic E-state index is 13.3. The third kappa shape index (κ3) is 6.32. The fourth-order valence-corrected chi connectivity index (χ4v) is 4.29. The number of ether oxygens (including phenoxy) is 1. The van der Waals surface area contributed by atoms with Crippen LogP contribution in [0.1, 0.15) is 54.5 Å². The van der Waals surface area contributed by atoms with Gasteiger partial charge in [-0.1, -0.05) is 36.4 Å². The van der Waals surface area contributed by atoms with Crippen molar-refractivity contribution in [2.45, 2.75) is 50.7 Å². The number of carbonyl (C=O) groups excluding carboxylic acids is 1. The average molecular weight is 467 g/mol. The number of halogens is 4. The van der Waals surface area contributed by atoms with Crippen molar-refractivity contribution in [2.75, 3.05) is 20.2 Å². The number of hydrogen-bond donors (Lipinski definition) is 2. The lowest BCUT2D eigenvalue weighted by Crippen LogP contribution is -2.52. The zero-order chi connectivity index (χ0) is 24.1. The standard InChI is InChI=1S/C25H30F4N2O2/c1-17(20-10-19(14-26)11-22(13-20)25(27,28)29)33-16-24(21-6-4-3-5-7-21)9-8-18(15-31-24)12-23(32)30-2/h3-7,10-11,13,17-18,31H,8-9,12,14-16H2,1-2H3,(H,30,32)/t17?,18-,24-/m1/s1. The first-order valence-corrected chi connectivity index (χ1v) is 11.1. The van der Waals surface area contributed by atoms with Gasteiger partial charge in [-0.2, -0.15) is 13.2 Å². The van der Waals surface area contributed by atoms with Crippen LogP contribution in [-0.4, -0.2) is 26.1 Å². The molecule has 0 aliphatic carbocycles. The first kappa shape index (κ1) is 25.2. The summed E-state index contributed by atoms with van der Waals surface area (Å²) in [7, 11) is 1.62. The molecule has 4 nitrogen and oxygen atoms in total. The summed E-state index contributed by atoms with van der Waals surface area (Å²) in [5, 5.41) is 6.20. The van der Waals surface area contributed by atoms with Gasteiger partial charge < -0.3 is 15.4 Å². The minimum atomic E-state index is -4.56. The Labute approximate surface area is 191 Å². The van der Waals surface area contributed by atoms with Crippen LogP contribution in [0.25, 0.3) is 0 Å². The Morgan fingerprint density at radius 1 is 1.24 bits per heavy atom. The van der Waals surface area contributed by atoms with Crippen LogP contribution in [0.4, 0.5) is 17.6 Å². The Balaban J connectivity index is 1.78. The Morgan fingerprint density at radius 2 is 1.97 bits per heavy atom. The summed E-state index contributed by atoms with van der Waals surface area (Å²) in [6, 6.07) is 13.0. The summed E-state index contributed by atoms with van der Waals surface area (Å²) in [6.45, 7) is 1.54. The SMILES string of the molecule is CNC(=O)C[C@H]1CC[C@@](COC(C)c2cc(CF)cc(C(F)(F)F)c2)(c2ccccc2)NC1. The third-order valence-electron chi connectivity index (χ3n) is 6.33. The minimum absolute atomic E-state index is 0.00732. The number of rotatable bonds is 8. The van der Waals surface area contributed by atoms with E-state index in [1.807, 2.05) is 30.3 Å². The van der Waals surface area contributed by atoms with Gasteiger partial charge in [0.15, 0.2) is 0 Å². The average Bonchev–Trinajstić information content (AvgIpc) is 2.83. The van der Waals surface area contributed by atoms with Crippen molar-refractivity contribution in [1.29, 1.82) is 0 Å². The topological polar surface area (TPSA) is 50.4 Å². The summed E-state index contributed by atoms with van der Waals surface area (Å²) in [4.78, 5) is 11.8. The van der Waals surface area contributed by atoms with Crippen molar-refractivity contribution in [2.24, 2.45) is 5.92 Å². The van der Waals surface area contributed by atoms with Crippen molar-refractivity contribution >= 4 is 5.91 Å². The molecule has 1 saturated heterocycles. The van der Waals surface area contributed by atoms with Gasteiger partial charge in [0, 0.05) is 13.5 Å². The van der Waals surface area contributed by atoms with E-state index >= 15 is 0 Å². The molecule has 0 spiro atoms. The molecular formula is C25H30F4N2O2. The van der Waals surface area contributed by atoms with Gasteiger partial charge in [-0.15, -0.1) is 0 Å². The number of hydrogen-bond acceptors (Lipinski definition) is 3. The fraction of sp³-hybridized carbons (Fsp3) is 0.480. The second-order valence-corrected chi connectivity index (χ2v) is 8.66. The van der Waals surface area contributed by atoms with Gasteiger partial charge in [0.1, 0.15) is 6.67 Å². The van der Waals surface area contributed by atoms with E-state index in [-0.39, 0.29) is 29.6 Å². The predicted molar refractivity (Wildman–Crippen MR) is 118 cm³/mol. The zero-order valence-corrected chi connectivity index (χ0v) is 18.8. The summed E-state index contributed by atoms with van der Waals surface area (Å²) in [5.41, 5.74) is -0.133. The van der Waals surface area contributed by atoms with E-state index in [2.05, 4.69) is 10.6 Å². The van der Waals surface area contributed by atoms with Gasteiger partial charge in [0.2, 0.25) is 5.91 Å². The predicted octanol–water partition coefficient (Wildman–Crippen LogP) is 5.28. The lowest BCUT2D eigenvalue weighted by Gasteiger charge is -2.42. The summed E-state index contributed by atoms with van der Waals surface area (Å²) >= 11 is 0. The molecule has 1 aliphatic heterocycles.